The monoisotopic (exact) mass is 981 g/mol. The molecule has 0 aliphatic heterocycles. The molecule has 0 N–H and O–H groups in total. The zero-order chi connectivity index (χ0) is 52.2. The van der Waals surface area contributed by atoms with Crippen LogP contribution in [0.2, 0.25) is 0 Å². The fourth-order valence-electron chi connectivity index (χ4n) is 10.4. The zero-order valence-corrected chi connectivity index (χ0v) is 39.9. The molecule has 0 radical (unpaired) electrons. The minimum absolute atomic E-state index is 0.000732. The quantitative estimate of drug-likeness (QED) is 0.149. The van der Waals surface area contributed by atoms with E-state index in [0.29, 0.717) is 33.9 Å². The highest BCUT2D eigenvalue weighted by Gasteiger charge is 2.34. The van der Waals surface area contributed by atoms with Crippen LogP contribution in [0.1, 0.15) is 16.7 Å². The van der Waals surface area contributed by atoms with Crippen molar-refractivity contribution in [2.75, 3.05) is 0 Å². The van der Waals surface area contributed by atoms with Gasteiger partial charge in [0.25, 0.3) is 0 Å². The molecule has 10 aromatic carbocycles. The third-order valence-electron chi connectivity index (χ3n) is 14.1. The molecule has 0 fully saturated rings. The minimum Gasteiger partial charge on any atom is -0.308 e. The molecule has 10 heteroatoms. The fourth-order valence-corrected chi connectivity index (χ4v) is 10.4. The lowest BCUT2D eigenvalue weighted by atomic mass is 9.96. The fraction of sp³-hybridized carbons (Fsp3) is 0.0152. The van der Waals surface area contributed by atoms with Gasteiger partial charge in [0.2, 0.25) is 0 Å². The van der Waals surface area contributed by atoms with Gasteiger partial charge >= 0.3 is 6.18 Å². The maximum atomic E-state index is 15.2. The van der Waals surface area contributed by atoms with Crippen LogP contribution in [0.15, 0.2) is 206 Å². The Hall–Kier alpha value is -11.0. The van der Waals surface area contributed by atoms with Crippen molar-refractivity contribution in [1.82, 2.24) is 9.13 Å². The lowest BCUT2D eigenvalue weighted by Crippen LogP contribution is -2.08. The van der Waals surface area contributed by atoms with Gasteiger partial charge in [0.15, 0.2) is 17.1 Å². The van der Waals surface area contributed by atoms with Gasteiger partial charge in [-0.3, -0.25) is 0 Å². The van der Waals surface area contributed by atoms with Crippen molar-refractivity contribution >= 4 is 60.7 Å². The topological polar surface area (TPSA) is 70.5 Å². The highest BCUT2D eigenvalue weighted by atomic mass is 19.4. The Bertz CT molecular complexity index is 4360. The van der Waals surface area contributed by atoms with Crippen molar-refractivity contribution in [3.63, 3.8) is 0 Å². The Morgan fingerprint density at radius 3 is 1.05 bits per heavy atom. The van der Waals surface area contributed by atoms with Gasteiger partial charge in [-0.25, -0.2) is 14.5 Å². The van der Waals surface area contributed by atoms with E-state index >= 15 is 13.2 Å². The number of hydrogen-bond donors (Lipinski definition) is 0. The van der Waals surface area contributed by atoms with Crippen molar-refractivity contribution in [3.05, 3.63) is 257 Å². The zero-order valence-electron chi connectivity index (χ0n) is 39.9. The van der Waals surface area contributed by atoms with Crippen molar-refractivity contribution in [2.45, 2.75) is 6.18 Å². The third kappa shape index (κ3) is 7.83. The summed E-state index contributed by atoms with van der Waals surface area (Å²) in [4.78, 5) is 11.2. The maximum absolute atomic E-state index is 15.2. The van der Waals surface area contributed by atoms with Crippen LogP contribution in [-0.4, -0.2) is 9.13 Å². The van der Waals surface area contributed by atoms with E-state index in [0.717, 1.165) is 94.2 Å². The number of hydrogen-bond acceptors (Lipinski definition) is 2. The molecule has 2 heterocycles. The van der Waals surface area contributed by atoms with Gasteiger partial charge < -0.3 is 9.13 Å². The molecular weight excluding hydrogens is 948 g/mol. The standard InChI is InChI=1S/C66H34F3N7/c1-72-50-24-16-44(17-25-50)48-22-30-54-53-28-20-46(42-12-8-40(38-70)9-13-42)32-60(53)75(61(54)34-48)64-36-57(52-6-4-5-7-58(52)66(67,68)69)59(74-3)37-65(64)76-62-33-47(43-14-10-41(39-71)11-15-43)21-29-55(62)56-31-23-49(35-63(56)76)45-18-26-51(73-2)27-19-45/h4-37H. The molecule has 12 rings (SSSR count). The summed E-state index contributed by atoms with van der Waals surface area (Å²) in [5, 5.41) is 22.8. The molecule has 0 aliphatic carbocycles. The summed E-state index contributed by atoms with van der Waals surface area (Å²) < 4.78 is 49.8. The van der Waals surface area contributed by atoms with Gasteiger partial charge in [-0.05, 0) is 122 Å². The second-order valence-corrected chi connectivity index (χ2v) is 18.3. The van der Waals surface area contributed by atoms with E-state index in [9.17, 15) is 10.5 Å². The molecule has 0 saturated carbocycles. The molecule has 0 unspecified atom stereocenters. The Balaban J connectivity index is 1.25. The molecule has 2 aromatic heterocycles. The first-order valence-corrected chi connectivity index (χ1v) is 23.9. The summed E-state index contributed by atoms with van der Waals surface area (Å²) >= 11 is 0. The van der Waals surface area contributed by atoms with Crippen LogP contribution < -0.4 is 0 Å². The van der Waals surface area contributed by atoms with Crippen LogP contribution in [0.25, 0.3) is 125 Å². The minimum atomic E-state index is -4.76. The third-order valence-corrected chi connectivity index (χ3v) is 14.1. The summed E-state index contributed by atoms with van der Waals surface area (Å²) in [6, 6.07) is 66.9. The van der Waals surface area contributed by atoms with Gasteiger partial charge in [-0.15, -0.1) is 0 Å². The van der Waals surface area contributed by atoms with E-state index in [1.807, 2.05) is 97.1 Å². The normalized spacial score (nSPS) is 11.3. The largest absolute Gasteiger partial charge is 0.416 e. The summed E-state index contributed by atoms with van der Waals surface area (Å²) in [6.45, 7) is 23.9. The highest BCUT2D eigenvalue weighted by molar-refractivity contribution is 6.14. The van der Waals surface area contributed by atoms with E-state index in [2.05, 4.69) is 60.1 Å². The number of benzene rings is 10. The molecule has 0 amide bonds. The molecule has 0 bridgehead atoms. The highest BCUT2D eigenvalue weighted by Crippen LogP contribution is 2.48. The van der Waals surface area contributed by atoms with Gasteiger partial charge in [-0.2, -0.15) is 23.7 Å². The molecule has 0 spiro atoms. The van der Waals surface area contributed by atoms with Crippen LogP contribution in [0.4, 0.5) is 30.2 Å². The Kier molecular flexibility index (Phi) is 11.1. The van der Waals surface area contributed by atoms with Crippen molar-refractivity contribution in [2.24, 2.45) is 0 Å². The van der Waals surface area contributed by atoms with Crippen molar-refractivity contribution < 1.29 is 13.2 Å². The van der Waals surface area contributed by atoms with Gasteiger partial charge in [0.05, 0.1) is 82.0 Å². The molecule has 7 nitrogen and oxygen atoms in total. The Morgan fingerprint density at radius 1 is 0.368 bits per heavy atom. The molecule has 0 aliphatic rings. The van der Waals surface area contributed by atoms with Gasteiger partial charge in [0, 0.05) is 21.5 Å². The molecule has 0 atom stereocenters. The number of rotatable bonds is 7. The lowest BCUT2D eigenvalue weighted by Gasteiger charge is -2.21. The summed E-state index contributed by atoms with van der Waals surface area (Å²) in [7, 11) is 0. The van der Waals surface area contributed by atoms with Crippen molar-refractivity contribution in [3.8, 4) is 79.1 Å². The van der Waals surface area contributed by atoms with Gasteiger partial charge in [0.1, 0.15) is 0 Å². The van der Waals surface area contributed by atoms with Gasteiger partial charge in [-0.1, -0.05) is 140 Å². The number of nitriles is 2. The summed E-state index contributed by atoms with van der Waals surface area (Å²) in [6.07, 6.45) is -4.76. The van der Waals surface area contributed by atoms with Crippen LogP contribution in [0, 0.1) is 42.4 Å². The smallest absolute Gasteiger partial charge is 0.308 e. The Labute approximate surface area is 434 Å². The SMILES string of the molecule is [C-]#[N+]c1ccc(-c2ccc3c4ccc(-c5ccc(C#N)cc5)cc4n(-c4cc([N+]#[C-])c(-c5ccccc5C(F)(F)F)cc4-n4c5cc(-c6ccc(C#N)cc6)ccc5c5ccc(-c6ccc([N+]#[C-])cc6)cc54)c3c2)cc1. The first kappa shape index (κ1) is 46.1. The average molecular weight is 982 g/mol. The molecule has 76 heavy (non-hydrogen) atoms. The number of alkyl halides is 3. The van der Waals surface area contributed by atoms with Crippen LogP contribution in [-0.2, 0) is 6.18 Å². The van der Waals surface area contributed by atoms with Crippen LogP contribution in [0.5, 0.6) is 0 Å². The Morgan fingerprint density at radius 2 is 0.711 bits per heavy atom. The average Bonchev–Trinajstić information content (AvgIpc) is 4.07. The van der Waals surface area contributed by atoms with E-state index in [1.54, 1.807) is 66.7 Å². The van der Waals surface area contributed by atoms with Crippen LogP contribution >= 0.6 is 0 Å². The summed E-state index contributed by atoms with van der Waals surface area (Å²) in [5.74, 6) is 0. The van der Waals surface area contributed by atoms with E-state index < -0.39 is 11.7 Å². The first-order chi connectivity index (χ1) is 37.0. The number of fused-ring (bicyclic) bond motifs is 6. The number of aromatic nitrogens is 2. The predicted octanol–water partition coefficient (Wildman–Crippen LogP) is 18.6. The van der Waals surface area contributed by atoms with E-state index in [1.165, 1.54) is 12.1 Å². The second kappa shape index (κ2) is 18.3. The molecule has 12 aromatic rings. The first-order valence-electron chi connectivity index (χ1n) is 23.9. The predicted molar refractivity (Wildman–Crippen MR) is 296 cm³/mol. The lowest BCUT2D eigenvalue weighted by molar-refractivity contribution is -0.137. The number of nitrogens with zero attached hydrogens (tertiary/aromatic N) is 7. The van der Waals surface area contributed by atoms with Crippen LogP contribution in [0.3, 0.4) is 0 Å². The maximum Gasteiger partial charge on any atom is 0.416 e. The van der Waals surface area contributed by atoms with E-state index in [4.69, 9.17) is 19.7 Å². The summed E-state index contributed by atoms with van der Waals surface area (Å²) in [5.41, 5.74) is 11.8. The second-order valence-electron chi connectivity index (χ2n) is 18.3. The molecule has 0 saturated heterocycles. The molecular formula is C66H34F3N7. The van der Waals surface area contributed by atoms with Crippen molar-refractivity contribution in [1.29, 1.82) is 10.5 Å². The van der Waals surface area contributed by atoms with E-state index in [-0.39, 0.29) is 16.8 Å². The number of halogens is 3. The molecule has 354 valence electrons.